The first kappa shape index (κ1) is 14.2. The highest BCUT2D eigenvalue weighted by molar-refractivity contribution is 5.21. The lowest BCUT2D eigenvalue weighted by atomic mass is 9.97. The van der Waals surface area contributed by atoms with Crippen molar-refractivity contribution in [3.8, 4) is 0 Å². The van der Waals surface area contributed by atoms with E-state index in [9.17, 15) is 0 Å². The van der Waals surface area contributed by atoms with E-state index in [2.05, 4.69) is 57.3 Å². The Morgan fingerprint density at radius 1 is 1.18 bits per heavy atom. The van der Waals surface area contributed by atoms with Crippen molar-refractivity contribution in [1.82, 2.24) is 5.32 Å². The molecule has 96 valence electrons. The predicted octanol–water partition coefficient (Wildman–Crippen LogP) is 4.30. The van der Waals surface area contributed by atoms with Crippen molar-refractivity contribution in [2.75, 3.05) is 0 Å². The summed E-state index contributed by atoms with van der Waals surface area (Å²) >= 11 is 0. The average Bonchev–Trinajstić information content (AvgIpc) is 2.34. The molecule has 2 unspecified atom stereocenters. The Hall–Kier alpha value is -0.820. The van der Waals surface area contributed by atoms with Gasteiger partial charge in [-0.15, -0.1) is 0 Å². The fourth-order valence-electron chi connectivity index (χ4n) is 2.13. The van der Waals surface area contributed by atoms with Crippen LogP contribution in [0.1, 0.15) is 51.2 Å². The van der Waals surface area contributed by atoms with Gasteiger partial charge < -0.3 is 5.32 Å². The molecule has 0 saturated carbocycles. The van der Waals surface area contributed by atoms with Crippen LogP contribution in [0.25, 0.3) is 0 Å². The molecule has 1 aromatic carbocycles. The summed E-state index contributed by atoms with van der Waals surface area (Å²) in [6, 6.07) is 9.42. The molecule has 0 aliphatic rings. The van der Waals surface area contributed by atoms with E-state index in [0.29, 0.717) is 6.04 Å². The van der Waals surface area contributed by atoms with E-state index in [1.54, 1.807) is 0 Å². The Labute approximate surface area is 107 Å². The Morgan fingerprint density at radius 2 is 1.94 bits per heavy atom. The molecule has 0 heterocycles. The Morgan fingerprint density at radius 3 is 2.53 bits per heavy atom. The second-order valence-electron chi connectivity index (χ2n) is 5.22. The maximum atomic E-state index is 3.68. The minimum atomic E-state index is 0.658. The summed E-state index contributed by atoms with van der Waals surface area (Å²) < 4.78 is 0. The van der Waals surface area contributed by atoms with E-state index in [1.165, 1.54) is 30.4 Å². The van der Waals surface area contributed by atoms with Crippen molar-refractivity contribution in [2.24, 2.45) is 5.92 Å². The summed E-state index contributed by atoms with van der Waals surface area (Å²) in [5.41, 5.74) is 2.74. The number of benzene rings is 1. The molecular weight excluding hydrogens is 206 g/mol. The van der Waals surface area contributed by atoms with Gasteiger partial charge in [-0.25, -0.2) is 0 Å². The van der Waals surface area contributed by atoms with Crippen molar-refractivity contribution < 1.29 is 0 Å². The van der Waals surface area contributed by atoms with Gasteiger partial charge in [-0.1, -0.05) is 57.0 Å². The lowest BCUT2D eigenvalue weighted by Crippen LogP contribution is -2.29. The van der Waals surface area contributed by atoms with Crippen LogP contribution in [0, 0.1) is 12.8 Å². The van der Waals surface area contributed by atoms with Gasteiger partial charge in [0.05, 0.1) is 0 Å². The Kier molecular flexibility index (Phi) is 6.28. The molecule has 1 N–H and O–H groups in total. The van der Waals surface area contributed by atoms with Crippen LogP contribution in [0.15, 0.2) is 24.3 Å². The molecule has 1 aromatic rings. The number of rotatable bonds is 7. The fourth-order valence-corrected chi connectivity index (χ4v) is 2.13. The molecular formula is C16H27N. The first-order valence-electron chi connectivity index (χ1n) is 6.94. The van der Waals surface area contributed by atoms with Crippen LogP contribution < -0.4 is 5.32 Å². The molecule has 0 aliphatic carbocycles. The van der Waals surface area contributed by atoms with Gasteiger partial charge in [-0.05, 0) is 31.2 Å². The zero-order valence-electron chi connectivity index (χ0n) is 11.8. The van der Waals surface area contributed by atoms with Crippen LogP contribution in [0.2, 0.25) is 0 Å². The maximum absolute atomic E-state index is 3.68. The largest absolute Gasteiger partial charge is 0.310 e. The van der Waals surface area contributed by atoms with E-state index >= 15 is 0 Å². The third kappa shape index (κ3) is 5.36. The summed E-state index contributed by atoms with van der Waals surface area (Å²) in [6.45, 7) is 10.0. The Balaban J connectivity index is 2.42. The summed E-state index contributed by atoms with van der Waals surface area (Å²) in [4.78, 5) is 0. The number of nitrogens with one attached hydrogen (secondary N) is 1. The summed E-state index contributed by atoms with van der Waals surface area (Å²) in [5, 5.41) is 3.68. The molecule has 1 rings (SSSR count). The Bertz CT molecular complexity index is 319. The van der Waals surface area contributed by atoms with Crippen molar-refractivity contribution in [3.63, 3.8) is 0 Å². The van der Waals surface area contributed by atoms with Gasteiger partial charge in [-0.3, -0.25) is 0 Å². The molecule has 1 heteroatoms. The van der Waals surface area contributed by atoms with Crippen molar-refractivity contribution in [3.05, 3.63) is 35.4 Å². The van der Waals surface area contributed by atoms with E-state index in [1.807, 2.05) is 0 Å². The standard InChI is InChI=1S/C16H27N/c1-5-13(3)11-16(6-2)17-12-15-9-7-8-14(4)10-15/h7-10,13,16-17H,5-6,11-12H2,1-4H3. The molecule has 2 atom stereocenters. The van der Waals surface area contributed by atoms with Gasteiger partial charge in [0, 0.05) is 12.6 Å². The molecule has 0 spiro atoms. The summed E-state index contributed by atoms with van der Waals surface area (Å²) in [6.07, 6.45) is 3.79. The zero-order valence-corrected chi connectivity index (χ0v) is 11.8. The molecule has 0 bridgehead atoms. The average molecular weight is 233 g/mol. The van der Waals surface area contributed by atoms with Gasteiger partial charge in [0.1, 0.15) is 0 Å². The van der Waals surface area contributed by atoms with Crippen LogP contribution >= 0.6 is 0 Å². The first-order chi connectivity index (χ1) is 8.15. The van der Waals surface area contributed by atoms with Gasteiger partial charge in [0.15, 0.2) is 0 Å². The third-order valence-corrected chi connectivity index (χ3v) is 3.55. The normalized spacial score (nSPS) is 14.6. The van der Waals surface area contributed by atoms with Crippen LogP contribution in [-0.2, 0) is 6.54 Å². The number of hydrogen-bond donors (Lipinski definition) is 1. The molecule has 0 saturated heterocycles. The lowest BCUT2D eigenvalue weighted by molar-refractivity contribution is 0.384. The maximum Gasteiger partial charge on any atom is 0.0208 e. The van der Waals surface area contributed by atoms with Gasteiger partial charge in [0.25, 0.3) is 0 Å². The van der Waals surface area contributed by atoms with Gasteiger partial charge >= 0.3 is 0 Å². The fraction of sp³-hybridized carbons (Fsp3) is 0.625. The van der Waals surface area contributed by atoms with Crippen molar-refractivity contribution >= 4 is 0 Å². The smallest absolute Gasteiger partial charge is 0.0208 e. The summed E-state index contributed by atoms with van der Waals surface area (Å²) in [5.74, 6) is 0.824. The monoisotopic (exact) mass is 233 g/mol. The predicted molar refractivity (Wildman–Crippen MR) is 76.2 cm³/mol. The SMILES string of the molecule is CCC(C)CC(CC)NCc1cccc(C)c1. The van der Waals surface area contributed by atoms with Gasteiger partial charge in [0.2, 0.25) is 0 Å². The molecule has 0 aromatic heterocycles. The second kappa shape index (κ2) is 7.50. The molecule has 0 fully saturated rings. The molecule has 17 heavy (non-hydrogen) atoms. The topological polar surface area (TPSA) is 12.0 Å². The zero-order chi connectivity index (χ0) is 12.7. The quantitative estimate of drug-likeness (QED) is 0.740. The van der Waals surface area contributed by atoms with E-state index in [-0.39, 0.29) is 0 Å². The highest BCUT2D eigenvalue weighted by Gasteiger charge is 2.09. The molecule has 0 aliphatic heterocycles. The van der Waals surface area contributed by atoms with E-state index in [0.717, 1.165) is 12.5 Å². The van der Waals surface area contributed by atoms with Crippen LogP contribution in [0.5, 0.6) is 0 Å². The van der Waals surface area contributed by atoms with Crippen LogP contribution in [0.4, 0.5) is 0 Å². The van der Waals surface area contributed by atoms with Crippen LogP contribution in [0.3, 0.4) is 0 Å². The number of hydrogen-bond acceptors (Lipinski definition) is 1. The third-order valence-electron chi connectivity index (χ3n) is 3.55. The van der Waals surface area contributed by atoms with Crippen molar-refractivity contribution in [1.29, 1.82) is 0 Å². The minimum Gasteiger partial charge on any atom is -0.310 e. The second-order valence-corrected chi connectivity index (χ2v) is 5.22. The lowest BCUT2D eigenvalue weighted by Gasteiger charge is -2.20. The van der Waals surface area contributed by atoms with Crippen LogP contribution in [-0.4, -0.2) is 6.04 Å². The van der Waals surface area contributed by atoms with E-state index < -0.39 is 0 Å². The van der Waals surface area contributed by atoms with Crippen molar-refractivity contribution in [2.45, 2.75) is 59.5 Å². The number of aryl methyl sites for hydroxylation is 1. The molecule has 0 amide bonds. The molecule has 0 radical (unpaired) electrons. The first-order valence-corrected chi connectivity index (χ1v) is 6.94. The summed E-state index contributed by atoms with van der Waals surface area (Å²) in [7, 11) is 0. The van der Waals surface area contributed by atoms with E-state index in [4.69, 9.17) is 0 Å². The minimum absolute atomic E-state index is 0.658. The van der Waals surface area contributed by atoms with Gasteiger partial charge in [-0.2, -0.15) is 0 Å². The molecule has 1 nitrogen and oxygen atoms in total. The highest BCUT2D eigenvalue weighted by Crippen LogP contribution is 2.13. The highest BCUT2D eigenvalue weighted by atomic mass is 14.9.